The van der Waals surface area contributed by atoms with E-state index in [9.17, 15) is 13.5 Å². The summed E-state index contributed by atoms with van der Waals surface area (Å²) < 4.78 is 34.6. The van der Waals surface area contributed by atoms with Crippen molar-refractivity contribution in [3.63, 3.8) is 0 Å². The highest BCUT2D eigenvalue weighted by Crippen LogP contribution is 2.40. The molecule has 0 aromatic heterocycles. The van der Waals surface area contributed by atoms with Crippen molar-refractivity contribution >= 4 is 44.6 Å². The minimum atomic E-state index is -3.27. The molecule has 0 spiro atoms. The van der Waals surface area contributed by atoms with E-state index < -0.39 is 21.4 Å². The van der Waals surface area contributed by atoms with Crippen molar-refractivity contribution in [3.8, 4) is 11.5 Å². The summed E-state index contributed by atoms with van der Waals surface area (Å²) in [6.45, 7) is 7.96. The highest BCUT2D eigenvalue weighted by Gasteiger charge is 2.26. The molecule has 9 heteroatoms. The summed E-state index contributed by atoms with van der Waals surface area (Å²) in [6.07, 6.45) is -1.08. The van der Waals surface area contributed by atoms with E-state index in [0.717, 1.165) is 11.1 Å². The molecule has 2 aromatic carbocycles. The Morgan fingerprint density at radius 2 is 1.58 bits per heavy atom. The van der Waals surface area contributed by atoms with Gasteiger partial charge in [-0.1, -0.05) is 63.0 Å². The Bertz CT molecular complexity index is 1000. The molecule has 0 aliphatic carbocycles. The molecule has 0 heterocycles. The van der Waals surface area contributed by atoms with Gasteiger partial charge in [-0.15, -0.1) is 11.6 Å². The molecule has 0 fully saturated rings. The predicted molar refractivity (Wildman–Crippen MR) is 136 cm³/mol. The Hall–Kier alpha value is -1.18. The van der Waals surface area contributed by atoms with Crippen LogP contribution in [0.1, 0.15) is 38.8 Å². The molecule has 184 valence electrons. The number of hydrogen-bond donors (Lipinski definition) is 1. The molecule has 0 aliphatic rings. The van der Waals surface area contributed by atoms with Gasteiger partial charge in [0.2, 0.25) is 0 Å². The van der Waals surface area contributed by atoms with Crippen molar-refractivity contribution in [2.24, 2.45) is 5.92 Å². The molecule has 0 bridgehead atoms. The number of hydrogen-bond acceptors (Lipinski definition) is 5. The minimum Gasteiger partial charge on any atom is -0.491 e. The van der Waals surface area contributed by atoms with Crippen molar-refractivity contribution in [1.29, 1.82) is 0 Å². The molecule has 0 saturated carbocycles. The first-order valence-corrected chi connectivity index (χ1v) is 13.8. The summed E-state index contributed by atoms with van der Waals surface area (Å²) in [5, 5.41) is 10.8. The Labute approximate surface area is 211 Å². The van der Waals surface area contributed by atoms with Crippen LogP contribution in [0, 0.1) is 5.92 Å². The first-order valence-electron chi connectivity index (χ1n) is 10.7. The SMILES string of the molecule is CCS(=O)(=O)C[C@H](O)COc1ccc(C(C)(C)c2cc(Cl)c(OC[C@@H](C)CCl)c(Cl)c2)cc1. The fourth-order valence-corrected chi connectivity index (χ4v) is 4.72. The fraction of sp³-hybridized carbons (Fsp3) is 0.500. The molecule has 0 saturated heterocycles. The van der Waals surface area contributed by atoms with E-state index in [1.807, 2.05) is 31.2 Å². The topological polar surface area (TPSA) is 72.8 Å². The Kier molecular flexibility index (Phi) is 10.2. The van der Waals surface area contributed by atoms with Crippen LogP contribution in [0.2, 0.25) is 10.0 Å². The lowest BCUT2D eigenvalue weighted by Crippen LogP contribution is -2.28. The monoisotopic (exact) mass is 536 g/mol. The van der Waals surface area contributed by atoms with Gasteiger partial charge in [0, 0.05) is 23.0 Å². The van der Waals surface area contributed by atoms with Gasteiger partial charge in [0.15, 0.2) is 15.6 Å². The van der Waals surface area contributed by atoms with Gasteiger partial charge in [0.05, 0.1) is 22.4 Å². The lowest BCUT2D eigenvalue weighted by atomic mass is 9.78. The van der Waals surface area contributed by atoms with Gasteiger partial charge in [-0.05, 0) is 35.4 Å². The molecular weight excluding hydrogens is 507 g/mol. The van der Waals surface area contributed by atoms with Crippen LogP contribution in [0.5, 0.6) is 11.5 Å². The van der Waals surface area contributed by atoms with Gasteiger partial charge in [-0.2, -0.15) is 0 Å². The Balaban J connectivity index is 2.12. The molecule has 0 aliphatic heterocycles. The largest absolute Gasteiger partial charge is 0.491 e. The second-order valence-electron chi connectivity index (χ2n) is 8.65. The summed E-state index contributed by atoms with van der Waals surface area (Å²) in [5.41, 5.74) is 1.51. The summed E-state index contributed by atoms with van der Waals surface area (Å²) in [5.74, 6) is 1.31. The zero-order chi connectivity index (χ0) is 24.8. The fourth-order valence-electron chi connectivity index (χ4n) is 3.11. The van der Waals surface area contributed by atoms with E-state index in [2.05, 4.69) is 13.8 Å². The maximum absolute atomic E-state index is 11.6. The van der Waals surface area contributed by atoms with Gasteiger partial charge in [-0.25, -0.2) is 8.42 Å². The van der Waals surface area contributed by atoms with Gasteiger partial charge >= 0.3 is 0 Å². The molecule has 2 atom stereocenters. The maximum atomic E-state index is 11.6. The number of sulfone groups is 1. The second kappa shape index (κ2) is 12.0. The molecular formula is C24H31Cl3O5S. The third-order valence-corrected chi connectivity index (χ3v) is 8.26. The van der Waals surface area contributed by atoms with Crippen LogP contribution in [-0.2, 0) is 15.3 Å². The van der Waals surface area contributed by atoms with Crippen LogP contribution in [0.4, 0.5) is 0 Å². The van der Waals surface area contributed by atoms with E-state index in [1.54, 1.807) is 19.1 Å². The molecule has 1 N–H and O–H groups in total. The Morgan fingerprint density at radius 3 is 2.09 bits per heavy atom. The van der Waals surface area contributed by atoms with Crippen LogP contribution in [-0.4, -0.2) is 50.2 Å². The van der Waals surface area contributed by atoms with Crippen molar-refractivity contribution < 1.29 is 23.0 Å². The summed E-state index contributed by atoms with van der Waals surface area (Å²) in [4.78, 5) is 0. The zero-order valence-corrected chi connectivity index (χ0v) is 22.4. The number of aliphatic hydroxyl groups is 1. The van der Waals surface area contributed by atoms with Crippen LogP contribution in [0.15, 0.2) is 36.4 Å². The van der Waals surface area contributed by atoms with Crippen LogP contribution in [0.25, 0.3) is 0 Å². The lowest BCUT2D eigenvalue weighted by molar-refractivity contribution is 0.125. The van der Waals surface area contributed by atoms with Crippen molar-refractivity contribution in [2.45, 2.75) is 39.2 Å². The summed E-state index contributed by atoms with van der Waals surface area (Å²) in [6, 6.07) is 11.1. The predicted octanol–water partition coefficient (Wildman–Crippen LogP) is 5.75. The van der Waals surface area contributed by atoms with Gasteiger partial charge in [0.25, 0.3) is 0 Å². The average molecular weight is 538 g/mol. The maximum Gasteiger partial charge on any atom is 0.156 e. The van der Waals surface area contributed by atoms with E-state index in [-0.39, 0.29) is 24.0 Å². The van der Waals surface area contributed by atoms with Crippen LogP contribution in [0.3, 0.4) is 0 Å². The number of aliphatic hydroxyl groups excluding tert-OH is 1. The van der Waals surface area contributed by atoms with E-state index in [4.69, 9.17) is 44.3 Å². The highest BCUT2D eigenvalue weighted by atomic mass is 35.5. The molecule has 2 aromatic rings. The smallest absolute Gasteiger partial charge is 0.156 e. The number of rotatable bonds is 12. The summed E-state index contributed by atoms with van der Waals surface area (Å²) in [7, 11) is -3.27. The molecule has 0 radical (unpaired) electrons. The van der Waals surface area contributed by atoms with Crippen LogP contribution >= 0.6 is 34.8 Å². The summed E-state index contributed by atoms with van der Waals surface area (Å²) >= 11 is 18.8. The number of benzene rings is 2. The third kappa shape index (κ3) is 7.93. The first kappa shape index (κ1) is 28.1. The molecule has 0 unspecified atom stereocenters. The van der Waals surface area contributed by atoms with Crippen molar-refractivity contribution in [2.75, 3.05) is 30.6 Å². The first-order chi connectivity index (χ1) is 15.4. The van der Waals surface area contributed by atoms with Gasteiger partial charge in [-0.3, -0.25) is 0 Å². The van der Waals surface area contributed by atoms with E-state index >= 15 is 0 Å². The number of ether oxygens (including phenoxy) is 2. The standard InChI is InChI=1S/C24H31Cl3O5S/c1-5-33(29,30)15-19(28)14-31-20-8-6-17(7-9-20)24(3,4)18-10-21(26)23(22(27)11-18)32-13-16(2)12-25/h6-11,16,19,28H,5,12-15H2,1-4H3/t16-,19+/m0/s1. The number of halogens is 3. The second-order valence-corrected chi connectivity index (χ2v) is 12.2. The molecule has 0 amide bonds. The third-order valence-electron chi connectivity index (χ3n) is 5.40. The quantitative estimate of drug-likeness (QED) is 0.349. The van der Waals surface area contributed by atoms with E-state index in [1.165, 1.54) is 0 Å². The van der Waals surface area contributed by atoms with Gasteiger partial charge < -0.3 is 14.6 Å². The van der Waals surface area contributed by atoms with Crippen LogP contribution < -0.4 is 9.47 Å². The molecule has 2 rings (SSSR count). The Morgan fingerprint density at radius 1 is 1.00 bits per heavy atom. The lowest BCUT2D eigenvalue weighted by Gasteiger charge is -2.27. The van der Waals surface area contributed by atoms with Crippen molar-refractivity contribution in [3.05, 3.63) is 57.6 Å². The number of alkyl halides is 1. The minimum absolute atomic E-state index is 0.0124. The normalized spacial score (nSPS) is 14.1. The zero-order valence-electron chi connectivity index (χ0n) is 19.3. The van der Waals surface area contributed by atoms with Crippen molar-refractivity contribution in [1.82, 2.24) is 0 Å². The average Bonchev–Trinajstić information content (AvgIpc) is 2.76. The van der Waals surface area contributed by atoms with Gasteiger partial charge in [0.1, 0.15) is 18.5 Å². The molecule has 5 nitrogen and oxygen atoms in total. The van der Waals surface area contributed by atoms with E-state index in [0.29, 0.717) is 34.0 Å². The highest BCUT2D eigenvalue weighted by molar-refractivity contribution is 7.91. The molecule has 33 heavy (non-hydrogen) atoms.